The molecule has 2 aliphatic rings. The van der Waals surface area contributed by atoms with Gasteiger partial charge >= 0.3 is 0 Å². The standard InChI is InChI=1S/C24H29N3O2/c1-16-12-13-18(17-8-7-11-20(14-17)29-3)15-21(16)24(19-9-5-4-6-10-19)22(28)27(2)23(25)26-24/h7-8,11-15,19H,4-6,9-10H2,1-3H3,(H2,25,26)/t24-/m0/s1. The summed E-state index contributed by atoms with van der Waals surface area (Å²) in [5.41, 5.74) is 9.40. The highest BCUT2D eigenvalue weighted by molar-refractivity contribution is 6.07. The van der Waals surface area contributed by atoms with E-state index in [1.807, 2.05) is 18.2 Å². The number of aliphatic imine (C=N–C) groups is 1. The highest BCUT2D eigenvalue weighted by Crippen LogP contribution is 2.47. The van der Waals surface area contributed by atoms with Crippen molar-refractivity contribution in [3.63, 3.8) is 0 Å². The van der Waals surface area contributed by atoms with E-state index in [1.54, 1.807) is 14.2 Å². The zero-order valence-corrected chi connectivity index (χ0v) is 17.4. The second-order valence-corrected chi connectivity index (χ2v) is 8.20. The van der Waals surface area contributed by atoms with Gasteiger partial charge in [0.2, 0.25) is 0 Å². The maximum Gasteiger partial charge on any atom is 0.261 e. The summed E-state index contributed by atoms with van der Waals surface area (Å²) in [6.45, 7) is 2.06. The largest absolute Gasteiger partial charge is 0.497 e. The monoisotopic (exact) mass is 391 g/mol. The SMILES string of the molecule is COc1cccc(-c2ccc(C)c([C@]3(C4CCCCC4)N=C(N)N(C)C3=O)c2)c1. The number of carbonyl (C=O) groups excluding carboxylic acids is 1. The molecule has 0 radical (unpaired) electrons. The topological polar surface area (TPSA) is 67.9 Å². The fourth-order valence-corrected chi connectivity index (χ4v) is 4.86. The Balaban J connectivity index is 1.88. The molecule has 1 amide bonds. The van der Waals surface area contributed by atoms with Gasteiger partial charge in [0, 0.05) is 7.05 Å². The van der Waals surface area contributed by atoms with Crippen LogP contribution in [0.5, 0.6) is 5.75 Å². The Morgan fingerprint density at radius 1 is 1.10 bits per heavy atom. The summed E-state index contributed by atoms with van der Waals surface area (Å²) in [6.07, 6.45) is 5.48. The van der Waals surface area contributed by atoms with E-state index in [2.05, 4.69) is 31.2 Å². The first-order chi connectivity index (χ1) is 14.0. The van der Waals surface area contributed by atoms with Gasteiger partial charge in [0.1, 0.15) is 5.75 Å². The average Bonchev–Trinajstić information content (AvgIpc) is 2.99. The zero-order valence-electron chi connectivity index (χ0n) is 17.4. The Kier molecular flexibility index (Phi) is 5.07. The van der Waals surface area contributed by atoms with Crippen LogP contribution in [0.4, 0.5) is 0 Å². The summed E-state index contributed by atoms with van der Waals surface area (Å²) in [6, 6.07) is 14.3. The normalized spacial score (nSPS) is 22.7. The first kappa shape index (κ1) is 19.5. The maximum atomic E-state index is 13.5. The van der Waals surface area contributed by atoms with E-state index >= 15 is 0 Å². The lowest BCUT2D eigenvalue weighted by molar-refractivity contribution is -0.133. The average molecular weight is 392 g/mol. The smallest absolute Gasteiger partial charge is 0.261 e. The third-order valence-corrected chi connectivity index (χ3v) is 6.51. The van der Waals surface area contributed by atoms with Crippen LogP contribution in [0.3, 0.4) is 0 Å². The summed E-state index contributed by atoms with van der Waals surface area (Å²) in [5.74, 6) is 1.29. The highest BCUT2D eigenvalue weighted by Gasteiger charge is 2.53. The van der Waals surface area contributed by atoms with E-state index in [1.165, 1.54) is 11.3 Å². The van der Waals surface area contributed by atoms with Gasteiger partial charge in [0.05, 0.1) is 7.11 Å². The van der Waals surface area contributed by atoms with Gasteiger partial charge in [0.15, 0.2) is 11.5 Å². The molecule has 2 N–H and O–H groups in total. The van der Waals surface area contributed by atoms with Gasteiger partial charge in [-0.15, -0.1) is 0 Å². The molecule has 5 nitrogen and oxygen atoms in total. The van der Waals surface area contributed by atoms with Crippen molar-refractivity contribution in [2.45, 2.75) is 44.6 Å². The number of likely N-dealkylation sites (N-methyl/N-ethyl adjacent to an activating group) is 1. The fourth-order valence-electron chi connectivity index (χ4n) is 4.86. The lowest BCUT2D eigenvalue weighted by atomic mass is 9.69. The number of ether oxygens (including phenoxy) is 1. The van der Waals surface area contributed by atoms with E-state index in [9.17, 15) is 4.79 Å². The molecule has 0 aromatic heterocycles. The number of rotatable bonds is 4. The van der Waals surface area contributed by atoms with Crippen LogP contribution in [0.25, 0.3) is 11.1 Å². The van der Waals surface area contributed by atoms with Crippen LogP contribution >= 0.6 is 0 Å². The molecule has 1 fully saturated rings. The van der Waals surface area contributed by atoms with E-state index in [-0.39, 0.29) is 11.8 Å². The number of hydrogen-bond donors (Lipinski definition) is 1. The molecule has 0 saturated heterocycles. The number of nitrogens with zero attached hydrogens (tertiary/aromatic N) is 2. The van der Waals surface area contributed by atoms with Crippen LogP contribution in [-0.2, 0) is 10.3 Å². The van der Waals surface area contributed by atoms with Crippen molar-refractivity contribution in [2.24, 2.45) is 16.6 Å². The molecule has 1 atom stereocenters. The number of carbonyl (C=O) groups is 1. The summed E-state index contributed by atoms with van der Waals surface area (Å²) in [7, 11) is 3.40. The first-order valence-corrected chi connectivity index (χ1v) is 10.4. The number of methoxy groups -OCH3 is 1. The molecule has 0 spiro atoms. The minimum Gasteiger partial charge on any atom is -0.497 e. The molecule has 1 aliphatic carbocycles. The Bertz CT molecular complexity index is 962. The second-order valence-electron chi connectivity index (χ2n) is 8.20. The Labute approximate surface area is 172 Å². The van der Waals surface area contributed by atoms with Crippen LogP contribution in [-0.4, -0.2) is 30.9 Å². The number of guanidine groups is 1. The predicted molar refractivity (Wildman–Crippen MR) is 116 cm³/mol. The van der Waals surface area contributed by atoms with E-state index in [4.69, 9.17) is 15.5 Å². The van der Waals surface area contributed by atoms with E-state index < -0.39 is 5.54 Å². The van der Waals surface area contributed by atoms with Gasteiger partial charge in [-0.05, 0) is 66.1 Å². The minimum atomic E-state index is -0.918. The third-order valence-electron chi connectivity index (χ3n) is 6.51. The van der Waals surface area contributed by atoms with Gasteiger partial charge in [-0.25, -0.2) is 4.99 Å². The molecule has 2 aromatic carbocycles. The van der Waals surface area contributed by atoms with Crippen LogP contribution in [0.1, 0.15) is 43.2 Å². The predicted octanol–water partition coefficient (Wildman–Crippen LogP) is 4.23. The molecule has 0 bridgehead atoms. The molecule has 0 unspecified atom stereocenters. The Hall–Kier alpha value is -2.82. The zero-order chi connectivity index (χ0) is 20.6. The van der Waals surface area contributed by atoms with Crippen molar-refractivity contribution >= 4 is 11.9 Å². The molecule has 152 valence electrons. The van der Waals surface area contributed by atoms with Crippen molar-refractivity contribution in [3.05, 3.63) is 53.6 Å². The maximum absolute atomic E-state index is 13.5. The van der Waals surface area contributed by atoms with E-state index in [0.29, 0.717) is 5.96 Å². The molecule has 2 aromatic rings. The lowest BCUT2D eigenvalue weighted by Gasteiger charge is -2.37. The van der Waals surface area contributed by atoms with E-state index in [0.717, 1.165) is 53.7 Å². The molecule has 1 aliphatic heterocycles. The fraction of sp³-hybridized carbons (Fsp3) is 0.417. The molecular weight excluding hydrogens is 362 g/mol. The van der Waals surface area contributed by atoms with Crippen molar-refractivity contribution < 1.29 is 9.53 Å². The Morgan fingerprint density at radius 3 is 2.48 bits per heavy atom. The molecule has 4 rings (SSSR count). The van der Waals surface area contributed by atoms with Crippen LogP contribution in [0.15, 0.2) is 47.5 Å². The first-order valence-electron chi connectivity index (χ1n) is 10.4. The summed E-state index contributed by atoms with van der Waals surface area (Å²) in [5, 5.41) is 0. The number of amides is 1. The van der Waals surface area contributed by atoms with Gasteiger partial charge in [0.25, 0.3) is 5.91 Å². The van der Waals surface area contributed by atoms with Crippen LogP contribution < -0.4 is 10.5 Å². The van der Waals surface area contributed by atoms with Crippen molar-refractivity contribution in [2.75, 3.05) is 14.2 Å². The third kappa shape index (κ3) is 3.18. The number of nitrogens with two attached hydrogens (primary N) is 1. The van der Waals surface area contributed by atoms with Gasteiger partial charge in [-0.1, -0.05) is 43.5 Å². The molecule has 1 heterocycles. The summed E-state index contributed by atoms with van der Waals surface area (Å²) < 4.78 is 5.39. The van der Waals surface area contributed by atoms with Crippen molar-refractivity contribution in [1.82, 2.24) is 4.90 Å². The summed E-state index contributed by atoms with van der Waals surface area (Å²) >= 11 is 0. The van der Waals surface area contributed by atoms with Crippen LogP contribution in [0, 0.1) is 12.8 Å². The minimum absolute atomic E-state index is 0.00667. The number of benzene rings is 2. The molecule has 1 saturated carbocycles. The summed E-state index contributed by atoms with van der Waals surface area (Å²) in [4.78, 5) is 19.9. The van der Waals surface area contributed by atoms with Crippen molar-refractivity contribution in [1.29, 1.82) is 0 Å². The number of hydrogen-bond acceptors (Lipinski definition) is 4. The quantitative estimate of drug-likeness (QED) is 0.848. The van der Waals surface area contributed by atoms with Gasteiger partial charge in [-0.2, -0.15) is 0 Å². The highest BCUT2D eigenvalue weighted by atomic mass is 16.5. The second kappa shape index (κ2) is 7.54. The number of aryl methyl sites for hydroxylation is 1. The molecular formula is C24H29N3O2. The van der Waals surface area contributed by atoms with Gasteiger partial charge in [-0.3, -0.25) is 9.69 Å². The molecule has 29 heavy (non-hydrogen) atoms. The van der Waals surface area contributed by atoms with Gasteiger partial charge < -0.3 is 10.5 Å². The lowest BCUT2D eigenvalue weighted by Crippen LogP contribution is -2.45. The molecule has 5 heteroatoms. The van der Waals surface area contributed by atoms with Crippen LogP contribution in [0.2, 0.25) is 0 Å². The van der Waals surface area contributed by atoms with Crippen molar-refractivity contribution in [3.8, 4) is 16.9 Å². The Morgan fingerprint density at radius 2 is 1.83 bits per heavy atom.